The van der Waals surface area contributed by atoms with Gasteiger partial charge in [0.05, 0.1) is 12.0 Å². The van der Waals surface area contributed by atoms with E-state index in [0.29, 0.717) is 18.4 Å². The van der Waals surface area contributed by atoms with Crippen LogP contribution in [0.3, 0.4) is 0 Å². The van der Waals surface area contributed by atoms with E-state index < -0.39 is 11.4 Å². The minimum atomic E-state index is -0.583. The molecule has 5 rings (SSSR count). The number of ether oxygens (including phenoxy) is 1. The highest BCUT2D eigenvalue weighted by Crippen LogP contribution is 2.75. The molecule has 0 saturated heterocycles. The lowest BCUT2D eigenvalue weighted by Crippen LogP contribution is -2.65. The molecular formula is C37H61NO4. The molecule has 0 bridgehead atoms. The number of carboxylic acids is 1. The van der Waals surface area contributed by atoms with E-state index in [2.05, 4.69) is 66.8 Å². The molecule has 0 aliphatic heterocycles. The van der Waals surface area contributed by atoms with Crippen molar-refractivity contribution in [2.45, 2.75) is 145 Å². The Labute approximate surface area is 256 Å². The predicted molar refractivity (Wildman–Crippen MR) is 169 cm³/mol. The number of carboxylic acid groups (broad SMARTS) is 1. The van der Waals surface area contributed by atoms with Crippen molar-refractivity contribution in [2.75, 3.05) is 13.1 Å². The molecule has 0 spiro atoms. The van der Waals surface area contributed by atoms with Crippen molar-refractivity contribution in [3.8, 4) is 0 Å². The molecule has 0 aromatic rings. The summed E-state index contributed by atoms with van der Waals surface area (Å²) in [6.07, 6.45) is 16.0. The van der Waals surface area contributed by atoms with E-state index in [4.69, 9.17) is 4.74 Å². The quantitative estimate of drug-likeness (QED) is 0.170. The van der Waals surface area contributed by atoms with Crippen molar-refractivity contribution in [1.82, 2.24) is 5.32 Å². The monoisotopic (exact) mass is 583 g/mol. The Balaban J connectivity index is 1.38. The van der Waals surface area contributed by atoms with Crippen molar-refractivity contribution in [3.05, 3.63) is 11.6 Å². The van der Waals surface area contributed by atoms with Crippen LogP contribution in [0.15, 0.2) is 11.6 Å². The predicted octanol–water partition coefficient (Wildman–Crippen LogP) is 8.56. The van der Waals surface area contributed by atoms with Gasteiger partial charge >= 0.3 is 11.9 Å². The average Bonchev–Trinajstić information content (AvgIpc) is 2.90. The van der Waals surface area contributed by atoms with Crippen LogP contribution in [-0.4, -0.2) is 36.2 Å². The van der Waals surface area contributed by atoms with Gasteiger partial charge in [-0.1, -0.05) is 79.9 Å². The highest BCUT2D eigenvalue weighted by molar-refractivity contribution is 5.76. The number of unbranched alkanes of at least 4 members (excludes halogenated alkanes) is 2. The maximum Gasteiger partial charge on any atom is 0.320 e. The highest BCUT2D eigenvalue weighted by Gasteiger charge is 2.69. The molecule has 0 aromatic heterocycles. The van der Waals surface area contributed by atoms with Gasteiger partial charge in [0, 0.05) is 5.41 Å². The van der Waals surface area contributed by atoms with Crippen molar-refractivity contribution >= 4 is 11.9 Å². The molecule has 238 valence electrons. The number of rotatable bonds is 8. The zero-order chi connectivity index (χ0) is 30.8. The summed E-state index contributed by atoms with van der Waals surface area (Å²) in [5.41, 5.74) is 1.40. The molecule has 0 heterocycles. The fourth-order valence-corrected chi connectivity index (χ4v) is 11.7. The normalized spacial score (nSPS) is 43.6. The number of carbonyl (C=O) groups is 2. The third kappa shape index (κ3) is 4.81. The molecule has 4 fully saturated rings. The van der Waals surface area contributed by atoms with Crippen LogP contribution in [0.1, 0.15) is 139 Å². The molecule has 42 heavy (non-hydrogen) atoms. The number of aliphatic carboxylic acids is 1. The third-order valence-electron chi connectivity index (χ3n) is 14.5. The molecule has 2 N–H and O–H groups in total. The molecule has 0 amide bonds. The molecule has 0 unspecified atom stereocenters. The lowest BCUT2D eigenvalue weighted by molar-refractivity contribution is -0.213. The van der Waals surface area contributed by atoms with E-state index >= 15 is 0 Å². The molecule has 0 radical (unpaired) electrons. The molecule has 4 saturated carbocycles. The van der Waals surface area contributed by atoms with Crippen molar-refractivity contribution in [2.24, 2.45) is 50.2 Å². The number of fused-ring (bicyclic) bond motifs is 7. The second kappa shape index (κ2) is 10.9. The van der Waals surface area contributed by atoms with Gasteiger partial charge in [-0.2, -0.15) is 0 Å². The summed E-state index contributed by atoms with van der Waals surface area (Å²) in [6.45, 7) is 20.5. The molecular weight excluding hydrogens is 522 g/mol. The Bertz CT molecular complexity index is 1090. The SMILES string of the molecule is CCCCCNCC(=O)O[C@H]1CC[C@]2(C)[C@H]3CC=C4[C@@H]5CC(C)(C)CC[C@]5(C(=O)O)CC[C@@]4(C)[C@]3(C)CC[C@H]2C1(C)C. The van der Waals surface area contributed by atoms with Gasteiger partial charge in [0.15, 0.2) is 0 Å². The Morgan fingerprint density at radius 2 is 1.64 bits per heavy atom. The summed E-state index contributed by atoms with van der Waals surface area (Å²) < 4.78 is 6.22. The maximum atomic E-state index is 12.9. The summed E-state index contributed by atoms with van der Waals surface area (Å²) in [4.78, 5) is 25.8. The van der Waals surface area contributed by atoms with Crippen molar-refractivity contribution in [1.29, 1.82) is 0 Å². The van der Waals surface area contributed by atoms with Crippen LogP contribution in [0.4, 0.5) is 0 Å². The molecule has 0 aromatic carbocycles. The Kier molecular flexibility index (Phi) is 8.33. The zero-order valence-corrected chi connectivity index (χ0v) is 28.2. The number of esters is 1. The van der Waals surface area contributed by atoms with E-state index in [-0.39, 0.29) is 45.1 Å². The minimum Gasteiger partial charge on any atom is -0.481 e. The lowest BCUT2D eigenvalue weighted by atomic mass is 9.33. The van der Waals surface area contributed by atoms with Gasteiger partial charge < -0.3 is 15.2 Å². The fraction of sp³-hybridized carbons (Fsp3) is 0.892. The van der Waals surface area contributed by atoms with Crippen LogP contribution in [-0.2, 0) is 14.3 Å². The standard InChI is InChI=1S/C37H61NO4/c1-9-10-11-22-38-24-30(39)42-29-15-16-34(6)27(33(29,4)5)14-17-36(8)28(34)13-12-25-26-23-32(2,3)18-20-37(26,31(40)41)21-19-35(25,36)7/h12,26-29,38H,9-11,13-24H2,1-8H3,(H,40,41)/t26-,27-,28+,29-,34-,35+,36+,37-/m0/s1. The van der Waals surface area contributed by atoms with E-state index in [1.54, 1.807) is 0 Å². The topological polar surface area (TPSA) is 75.6 Å². The first kappa shape index (κ1) is 32.0. The first-order valence-electron chi connectivity index (χ1n) is 17.4. The van der Waals surface area contributed by atoms with E-state index in [0.717, 1.165) is 70.8 Å². The number of nitrogens with one attached hydrogen (secondary N) is 1. The Hall–Kier alpha value is -1.36. The van der Waals surface area contributed by atoms with Crippen LogP contribution in [0.25, 0.3) is 0 Å². The van der Waals surface area contributed by atoms with Gasteiger partial charge in [-0.05, 0) is 117 Å². The molecule has 5 heteroatoms. The highest BCUT2D eigenvalue weighted by atomic mass is 16.5. The molecule has 5 nitrogen and oxygen atoms in total. The number of carbonyl (C=O) groups excluding carboxylic acids is 1. The second-order valence-electron chi connectivity index (χ2n) is 17.4. The molecule has 5 aliphatic rings. The zero-order valence-electron chi connectivity index (χ0n) is 28.2. The van der Waals surface area contributed by atoms with Gasteiger partial charge in [-0.3, -0.25) is 9.59 Å². The maximum absolute atomic E-state index is 12.9. The van der Waals surface area contributed by atoms with Crippen LogP contribution in [0.2, 0.25) is 0 Å². The van der Waals surface area contributed by atoms with Crippen LogP contribution >= 0.6 is 0 Å². The first-order valence-corrected chi connectivity index (χ1v) is 17.4. The summed E-state index contributed by atoms with van der Waals surface area (Å²) >= 11 is 0. The van der Waals surface area contributed by atoms with Crippen molar-refractivity contribution < 1.29 is 19.4 Å². The number of allylic oxidation sites excluding steroid dienone is 2. The summed E-state index contributed by atoms with van der Waals surface area (Å²) in [7, 11) is 0. The van der Waals surface area contributed by atoms with Gasteiger partial charge in [0.2, 0.25) is 0 Å². The molecule has 8 atom stereocenters. The molecule has 5 aliphatic carbocycles. The summed E-state index contributed by atoms with van der Waals surface area (Å²) in [5, 5.41) is 13.9. The Morgan fingerprint density at radius 3 is 2.33 bits per heavy atom. The summed E-state index contributed by atoms with van der Waals surface area (Å²) in [6, 6.07) is 0. The van der Waals surface area contributed by atoms with Gasteiger partial charge in [-0.15, -0.1) is 0 Å². The van der Waals surface area contributed by atoms with Crippen LogP contribution < -0.4 is 5.32 Å². The van der Waals surface area contributed by atoms with Crippen molar-refractivity contribution in [3.63, 3.8) is 0 Å². The van der Waals surface area contributed by atoms with Crippen LogP contribution in [0, 0.1) is 50.2 Å². The minimum absolute atomic E-state index is 0.0366. The summed E-state index contributed by atoms with van der Waals surface area (Å²) in [5.74, 6) is 0.553. The van der Waals surface area contributed by atoms with Gasteiger partial charge in [-0.25, -0.2) is 0 Å². The van der Waals surface area contributed by atoms with Crippen LogP contribution in [0.5, 0.6) is 0 Å². The Morgan fingerprint density at radius 1 is 0.929 bits per heavy atom. The van der Waals surface area contributed by atoms with Gasteiger partial charge in [0.25, 0.3) is 0 Å². The largest absolute Gasteiger partial charge is 0.481 e. The lowest BCUT2D eigenvalue weighted by Gasteiger charge is -2.71. The third-order valence-corrected chi connectivity index (χ3v) is 14.5. The fourth-order valence-electron chi connectivity index (χ4n) is 11.7. The first-order chi connectivity index (χ1) is 19.6. The van der Waals surface area contributed by atoms with E-state index in [9.17, 15) is 14.7 Å². The second-order valence-corrected chi connectivity index (χ2v) is 17.4. The van der Waals surface area contributed by atoms with E-state index in [1.165, 1.54) is 24.8 Å². The number of hydrogen-bond acceptors (Lipinski definition) is 4. The smallest absolute Gasteiger partial charge is 0.320 e. The van der Waals surface area contributed by atoms with Gasteiger partial charge in [0.1, 0.15) is 6.10 Å². The number of hydrogen-bond donors (Lipinski definition) is 2. The van der Waals surface area contributed by atoms with E-state index in [1.807, 2.05) is 0 Å². The average molecular weight is 584 g/mol.